The Morgan fingerprint density at radius 1 is 1.04 bits per heavy atom. The average molecular weight is 420 g/mol. The lowest BCUT2D eigenvalue weighted by Crippen LogP contribution is -2.47. The topological polar surface area (TPSA) is 78.5 Å². The molecular formula is C20H22ClN3O3S. The fourth-order valence-corrected chi connectivity index (χ4v) is 5.16. The number of carbonyl (C=O) groups is 1. The number of hydrogen-bond donors (Lipinski definition) is 2. The second-order valence-corrected chi connectivity index (χ2v) is 9.27. The molecule has 1 heterocycles. The van der Waals surface area contributed by atoms with Crippen LogP contribution in [-0.4, -0.2) is 34.0 Å². The minimum Gasteiger partial charge on any atom is -0.359 e. The van der Waals surface area contributed by atoms with Crippen molar-refractivity contribution in [1.82, 2.24) is 5.32 Å². The average Bonchev–Trinajstić information content (AvgIpc) is 2.67. The Labute approximate surface area is 169 Å². The number of hydrogen-bond acceptors (Lipinski definition) is 4. The summed E-state index contributed by atoms with van der Waals surface area (Å²) in [5.41, 5.74) is 3.47. The number of nitrogens with one attached hydrogen (secondary N) is 2. The van der Waals surface area contributed by atoms with Crippen molar-refractivity contribution in [2.45, 2.75) is 30.6 Å². The van der Waals surface area contributed by atoms with E-state index in [4.69, 9.17) is 11.6 Å². The molecule has 0 unspecified atom stereocenters. The maximum Gasteiger partial charge on any atom is 0.261 e. The minimum absolute atomic E-state index is 0.0560. The highest BCUT2D eigenvalue weighted by Crippen LogP contribution is 2.31. The van der Waals surface area contributed by atoms with E-state index in [9.17, 15) is 13.2 Å². The van der Waals surface area contributed by atoms with Crippen LogP contribution in [0.2, 0.25) is 5.02 Å². The number of benzene rings is 2. The van der Waals surface area contributed by atoms with Crippen LogP contribution < -0.4 is 14.9 Å². The Bertz CT molecular complexity index is 1020. The first kappa shape index (κ1) is 19.1. The van der Waals surface area contributed by atoms with Gasteiger partial charge in [0.15, 0.2) is 0 Å². The molecule has 148 valence electrons. The lowest BCUT2D eigenvalue weighted by atomic mass is 9.92. The summed E-state index contributed by atoms with van der Waals surface area (Å²) in [6, 6.07) is 10.4. The zero-order valence-corrected chi connectivity index (χ0v) is 16.9. The van der Waals surface area contributed by atoms with Crippen molar-refractivity contribution < 1.29 is 13.2 Å². The van der Waals surface area contributed by atoms with Crippen LogP contribution >= 0.6 is 11.6 Å². The first-order valence-electron chi connectivity index (χ1n) is 9.38. The van der Waals surface area contributed by atoms with Gasteiger partial charge in [0, 0.05) is 13.1 Å². The smallest absolute Gasteiger partial charge is 0.261 e. The molecule has 2 aromatic carbocycles. The standard InChI is InChI=1S/C20H22ClN3O3S/c21-18-12-16(6-8-19(18)24-10-9-22-20(25)13-24)23-28(26,27)17-7-5-14-3-1-2-4-15(14)11-17/h5-8,11-12,23H,1-4,9-10,13H2,(H,22,25). The molecule has 1 aliphatic heterocycles. The van der Waals surface area contributed by atoms with Crippen LogP contribution in [0.3, 0.4) is 0 Å². The summed E-state index contributed by atoms with van der Waals surface area (Å²) in [7, 11) is -3.70. The number of amides is 1. The molecule has 4 rings (SSSR count). The van der Waals surface area contributed by atoms with Crippen LogP contribution in [0.5, 0.6) is 0 Å². The van der Waals surface area contributed by atoms with Gasteiger partial charge in [-0.1, -0.05) is 17.7 Å². The summed E-state index contributed by atoms with van der Waals surface area (Å²) in [6.45, 7) is 1.45. The zero-order valence-electron chi connectivity index (χ0n) is 15.4. The van der Waals surface area contributed by atoms with E-state index in [1.54, 1.807) is 30.3 Å². The van der Waals surface area contributed by atoms with Crippen molar-refractivity contribution in [3.63, 3.8) is 0 Å². The number of rotatable bonds is 4. The molecule has 8 heteroatoms. The van der Waals surface area contributed by atoms with Gasteiger partial charge in [0.05, 0.1) is 27.8 Å². The van der Waals surface area contributed by atoms with Crippen LogP contribution in [0.1, 0.15) is 24.0 Å². The number of piperazine rings is 1. The molecule has 1 aliphatic carbocycles. The van der Waals surface area contributed by atoms with E-state index in [1.807, 2.05) is 11.0 Å². The van der Waals surface area contributed by atoms with E-state index < -0.39 is 10.0 Å². The van der Waals surface area contributed by atoms with Crippen LogP contribution in [0.4, 0.5) is 11.4 Å². The Morgan fingerprint density at radius 3 is 2.57 bits per heavy atom. The lowest BCUT2D eigenvalue weighted by molar-refractivity contribution is -0.120. The van der Waals surface area contributed by atoms with E-state index in [2.05, 4.69) is 10.0 Å². The Balaban J connectivity index is 1.55. The molecule has 0 spiro atoms. The zero-order chi connectivity index (χ0) is 19.7. The Morgan fingerprint density at radius 2 is 1.82 bits per heavy atom. The fourth-order valence-electron chi connectivity index (χ4n) is 3.76. The van der Waals surface area contributed by atoms with Gasteiger partial charge in [-0.15, -0.1) is 0 Å². The molecule has 1 saturated heterocycles. The van der Waals surface area contributed by atoms with Crippen molar-refractivity contribution in [1.29, 1.82) is 0 Å². The molecular weight excluding hydrogens is 398 g/mol. The first-order valence-corrected chi connectivity index (χ1v) is 11.2. The van der Waals surface area contributed by atoms with E-state index in [0.29, 0.717) is 29.5 Å². The molecule has 0 radical (unpaired) electrons. The molecule has 0 saturated carbocycles. The fraction of sp³-hybridized carbons (Fsp3) is 0.350. The number of aryl methyl sites for hydroxylation is 2. The van der Waals surface area contributed by atoms with E-state index in [-0.39, 0.29) is 17.3 Å². The van der Waals surface area contributed by atoms with Crippen LogP contribution in [0.25, 0.3) is 0 Å². The first-order chi connectivity index (χ1) is 13.4. The predicted octanol–water partition coefficient (Wildman–Crippen LogP) is 2.96. The minimum atomic E-state index is -3.70. The van der Waals surface area contributed by atoms with Gasteiger partial charge in [0.25, 0.3) is 10.0 Å². The van der Waals surface area contributed by atoms with Gasteiger partial charge in [-0.3, -0.25) is 9.52 Å². The molecule has 1 fully saturated rings. The molecule has 0 bridgehead atoms. The molecule has 0 atom stereocenters. The van der Waals surface area contributed by atoms with Gasteiger partial charge in [0.1, 0.15) is 0 Å². The van der Waals surface area contributed by atoms with Gasteiger partial charge >= 0.3 is 0 Å². The highest BCUT2D eigenvalue weighted by molar-refractivity contribution is 7.92. The third-order valence-electron chi connectivity index (χ3n) is 5.21. The largest absolute Gasteiger partial charge is 0.359 e. The summed E-state index contributed by atoms with van der Waals surface area (Å²) in [5, 5.41) is 3.17. The third-order valence-corrected chi connectivity index (χ3v) is 6.89. The van der Waals surface area contributed by atoms with Crippen molar-refractivity contribution in [3.8, 4) is 0 Å². The number of sulfonamides is 1. The molecule has 2 N–H and O–H groups in total. The number of anilines is 2. The van der Waals surface area contributed by atoms with Crippen molar-refractivity contribution in [2.75, 3.05) is 29.3 Å². The maximum absolute atomic E-state index is 12.8. The molecule has 6 nitrogen and oxygen atoms in total. The third kappa shape index (κ3) is 3.95. The highest BCUT2D eigenvalue weighted by atomic mass is 35.5. The molecule has 1 amide bonds. The summed E-state index contributed by atoms with van der Waals surface area (Å²) >= 11 is 6.37. The van der Waals surface area contributed by atoms with E-state index in [0.717, 1.165) is 31.2 Å². The second kappa shape index (κ2) is 7.64. The Kier molecular flexibility index (Phi) is 5.21. The number of nitrogens with zero attached hydrogens (tertiary/aromatic N) is 1. The van der Waals surface area contributed by atoms with Crippen molar-refractivity contribution in [2.24, 2.45) is 0 Å². The predicted molar refractivity (Wildman–Crippen MR) is 111 cm³/mol. The second-order valence-electron chi connectivity index (χ2n) is 7.18. The highest BCUT2D eigenvalue weighted by Gasteiger charge is 2.21. The monoisotopic (exact) mass is 419 g/mol. The van der Waals surface area contributed by atoms with Gasteiger partial charge < -0.3 is 10.2 Å². The SMILES string of the molecule is O=C1CN(c2ccc(NS(=O)(=O)c3ccc4c(c3)CCCC4)cc2Cl)CCN1. The quantitative estimate of drug-likeness (QED) is 0.798. The van der Waals surface area contributed by atoms with Gasteiger partial charge in [-0.2, -0.15) is 0 Å². The number of fused-ring (bicyclic) bond motifs is 1. The van der Waals surface area contributed by atoms with Crippen molar-refractivity contribution in [3.05, 3.63) is 52.5 Å². The Hall–Kier alpha value is -2.25. The van der Waals surface area contributed by atoms with Crippen LogP contribution in [-0.2, 0) is 27.7 Å². The number of halogens is 1. The van der Waals surface area contributed by atoms with Gasteiger partial charge in [-0.25, -0.2) is 8.42 Å². The lowest BCUT2D eigenvalue weighted by Gasteiger charge is -2.29. The van der Waals surface area contributed by atoms with Crippen molar-refractivity contribution >= 4 is 38.9 Å². The molecule has 2 aliphatic rings. The van der Waals surface area contributed by atoms with E-state index in [1.165, 1.54) is 5.56 Å². The van der Waals surface area contributed by atoms with Crippen LogP contribution in [0, 0.1) is 0 Å². The summed E-state index contributed by atoms with van der Waals surface area (Å²) < 4.78 is 28.2. The van der Waals surface area contributed by atoms with Crippen LogP contribution in [0.15, 0.2) is 41.3 Å². The van der Waals surface area contributed by atoms with Gasteiger partial charge in [0.2, 0.25) is 5.91 Å². The van der Waals surface area contributed by atoms with Gasteiger partial charge in [-0.05, 0) is 67.1 Å². The number of carbonyl (C=O) groups excluding carboxylic acids is 1. The summed E-state index contributed by atoms with van der Waals surface area (Å²) in [4.78, 5) is 13.7. The molecule has 0 aromatic heterocycles. The maximum atomic E-state index is 12.8. The molecule has 28 heavy (non-hydrogen) atoms. The summed E-state index contributed by atoms with van der Waals surface area (Å²) in [6.07, 6.45) is 4.17. The molecule has 2 aromatic rings. The summed E-state index contributed by atoms with van der Waals surface area (Å²) in [5.74, 6) is -0.0560. The normalized spacial score (nSPS) is 17.0. The van der Waals surface area contributed by atoms with E-state index >= 15 is 0 Å².